The van der Waals surface area contributed by atoms with Crippen LogP contribution >= 0.6 is 0 Å². The lowest BCUT2D eigenvalue weighted by Gasteiger charge is -2.13. The van der Waals surface area contributed by atoms with E-state index in [4.69, 9.17) is 14.4 Å². The van der Waals surface area contributed by atoms with Crippen molar-refractivity contribution in [3.63, 3.8) is 0 Å². The van der Waals surface area contributed by atoms with E-state index in [1.54, 1.807) is 0 Å². The molecule has 0 fully saturated rings. The fraction of sp³-hybridized carbons (Fsp3) is 0.0244. The van der Waals surface area contributed by atoms with Crippen LogP contribution in [0.25, 0.3) is 78.1 Å². The highest BCUT2D eigenvalue weighted by Crippen LogP contribution is 2.45. The number of hydrogen-bond donors (Lipinski definition) is 0. The van der Waals surface area contributed by atoms with Crippen molar-refractivity contribution in [2.75, 3.05) is 0 Å². The predicted molar refractivity (Wildman–Crippen MR) is 179 cm³/mol. The van der Waals surface area contributed by atoms with Crippen LogP contribution in [-0.2, 0) is 6.42 Å². The van der Waals surface area contributed by atoms with Crippen LogP contribution in [0.3, 0.4) is 0 Å². The second kappa shape index (κ2) is 9.89. The van der Waals surface area contributed by atoms with Crippen LogP contribution in [0.1, 0.15) is 11.1 Å². The van der Waals surface area contributed by atoms with Crippen LogP contribution in [0.2, 0.25) is 0 Å². The zero-order valence-corrected chi connectivity index (χ0v) is 23.9. The van der Waals surface area contributed by atoms with E-state index < -0.39 is 0 Å². The Morgan fingerprint density at radius 3 is 2.00 bits per heavy atom. The molecule has 0 N–H and O–H groups in total. The third kappa shape index (κ3) is 4.05. The molecule has 0 radical (unpaired) electrons. The van der Waals surface area contributed by atoms with Gasteiger partial charge in [-0.1, -0.05) is 115 Å². The summed E-state index contributed by atoms with van der Waals surface area (Å²) < 4.78 is 6.10. The number of fused-ring (bicyclic) bond motifs is 6. The van der Waals surface area contributed by atoms with Gasteiger partial charge >= 0.3 is 0 Å². The minimum atomic E-state index is 0.729. The molecule has 1 aliphatic rings. The lowest BCUT2D eigenvalue weighted by molar-refractivity contribution is 0.669. The number of benzene rings is 6. The molecule has 6 aromatic carbocycles. The minimum Gasteiger partial charge on any atom is -0.456 e. The third-order valence-electron chi connectivity index (χ3n) is 8.72. The molecule has 0 unspecified atom stereocenters. The van der Waals surface area contributed by atoms with Gasteiger partial charge in [0.15, 0.2) is 5.82 Å². The van der Waals surface area contributed by atoms with Crippen molar-refractivity contribution in [1.82, 2.24) is 9.97 Å². The molecule has 2 aromatic heterocycles. The molecule has 0 saturated heterocycles. The maximum atomic E-state index is 6.10. The van der Waals surface area contributed by atoms with Gasteiger partial charge in [0.2, 0.25) is 0 Å². The highest BCUT2D eigenvalue weighted by Gasteiger charge is 2.24. The topological polar surface area (TPSA) is 38.9 Å². The molecule has 44 heavy (non-hydrogen) atoms. The van der Waals surface area contributed by atoms with Crippen molar-refractivity contribution >= 4 is 21.9 Å². The lowest BCUT2D eigenvalue weighted by Crippen LogP contribution is -1.97. The number of rotatable bonds is 4. The van der Waals surface area contributed by atoms with Gasteiger partial charge < -0.3 is 4.42 Å². The molecule has 206 valence electrons. The zero-order chi connectivity index (χ0) is 29.0. The van der Waals surface area contributed by atoms with Gasteiger partial charge in [-0.3, -0.25) is 0 Å². The van der Waals surface area contributed by atoms with Gasteiger partial charge in [-0.25, -0.2) is 9.97 Å². The molecular formula is C41H26N2O. The largest absolute Gasteiger partial charge is 0.456 e. The Bertz CT molecular complexity index is 2300. The average molecular weight is 563 g/mol. The van der Waals surface area contributed by atoms with Crippen molar-refractivity contribution in [2.45, 2.75) is 6.42 Å². The lowest BCUT2D eigenvalue weighted by atomic mass is 9.93. The summed E-state index contributed by atoms with van der Waals surface area (Å²) in [5, 5.41) is 2.29. The summed E-state index contributed by atoms with van der Waals surface area (Å²) in [6.45, 7) is 0. The van der Waals surface area contributed by atoms with Gasteiger partial charge in [-0.15, -0.1) is 0 Å². The highest BCUT2D eigenvalue weighted by atomic mass is 16.3. The second-order valence-electron chi connectivity index (χ2n) is 11.4. The maximum absolute atomic E-state index is 6.10. The normalized spacial score (nSPS) is 12.0. The monoisotopic (exact) mass is 562 g/mol. The molecule has 1 aliphatic carbocycles. The van der Waals surface area contributed by atoms with E-state index in [9.17, 15) is 0 Å². The van der Waals surface area contributed by atoms with Gasteiger partial charge in [0, 0.05) is 27.5 Å². The van der Waals surface area contributed by atoms with E-state index in [2.05, 4.69) is 109 Å². The molecule has 0 bridgehead atoms. The zero-order valence-electron chi connectivity index (χ0n) is 23.9. The van der Waals surface area contributed by atoms with Crippen molar-refractivity contribution in [1.29, 1.82) is 0 Å². The van der Waals surface area contributed by atoms with Crippen molar-refractivity contribution in [3.05, 3.63) is 157 Å². The molecule has 3 heteroatoms. The summed E-state index contributed by atoms with van der Waals surface area (Å²) in [7, 11) is 0. The number of hydrogen-bond acceptors (Lipinski definition) is 3. The van der Waals surface area contributed by atoms with Gasteiger partial charge in [0.1, 0.15) is 11.2 Å². The van der Waals surface area contributed by atoms with E-state index in [1.165, 1.54) is 33.4 Å². The Labute approximate surface area is 255 Å². The van der Waals surface area contributed by atoms with Crippen LogP contribution in [0, 0.1) is 0 Å². The Hall–Kier alpha value is -5.80. The minimum absolute atomic E-state index is 0.729. The molecule has 2 heterocycles. The fourth-order valence-electron chi connectivity index (χ4n) is 6.59. The summed E-state index contributed by atoms with van der Waals surface area (Å²) >= 11 is 0. The van der Waals surface area contributed by atoms with Crippen LogP contribution in [-0.4, -0.2) is 9.97 Å². The molecule has 0 spiro atoms. The Morgan fingerprint density at radius 2 is 1.14 bits per heavy atom. The molecular weight excluding hydrogens is 536 g/mol. The molecule has 0 amide bonds. The first-order valence-electron chi connectivity index (χ1n) is 15.0. The van der Waals surface area contributed by atoms with E-state index in [1.807, 2.05) is 36.4 Å². The molecule has 8 aromatic rings. The van der Waals surface area contributed by atoms with E-state index in [0.29, 0.717) is 0 Å². The molecule has 0 saturated carbocycles. The van der Waals surface area contributed by atoms with Crippen LogP contribution in [0.4, 0.5) is 0 Å². The number of para-hydroxylation sites is 1. The Balaban J connectivity index is 1.21. The summed E-state index contributed by atoms with van der Waals surface area (Å²) in [5.74, 6) is 0.729. The quantitative estimate of drug-likeness (QED) is 0.214. The average Bonchev–Trinajstić information content (AvgIpc) is 3.66. The first-order valence-corrected chi connectivity index (χ1v) is 15.0. The summed E-state index contributed by atoms with van der Waals surface area (Å²) in [5.41, 5.74) is 14.5. The molecule has 9 rings (SSSR count). The predicted octanol–water partition coefficient (Wildman–Crippen LogP) is 10.6. The SMILES string of the molecule is c1ccc(-c2cc(-c3cccc4c3-c3cc(-c5ccc6oc7ccccc7c6c5)ccc3C4)nc(-c3ccccc3)n2)cc1. The van der Waals surface area contributed by atoms with Crippen molar-refractivity contribution in [2.24, 2.45) is 0 Å². The van der Waals surface area contributed by atoms with E-state index >= 15 is 0 Å². The molecule has 0 aliphatic heterocycles. The summed E-state index contributed by atoms with van der Waals surface area (Å²) in [6, 6.07) is 51.0. The molecule has 0 atom stereocenters. The first kappa shape index (κ1) is 24.8. The molecule has 3 nitrogen and oxygen atoms in total. The highest BCUT2D eigenvalue weighted by molar-refractivity contribution is 6.06. The fourth-order valence-corrected chi connectivity index (χ4v) is 6.59. The van der Waals surface area contributed by atoms with Gasteiger partial charge in [-0.05, 0) is 70.1 Å². The van der Waals surface area contributed by atoms with Crippen molar-refractivity contribution in [3.8, 4) is 56.2 Å². The third-order valence-corrected chi connectivity index (χ3v) is 8.72. The number of furan rings is 1. The Morgan fingerprint density at radius 1 is 0.432 bits per heavy atom. The number of aromatic nitrogens is 2. The van der Waals surface area contributed by atoms with Crippen LogP contribution in [0.5, 0.6) is 0 Å². The number of nitrogens with zero attached hydrogens (tertiary/aromatic N) is 2. The van der Waals surface area contributed by atoms with Gasteiger partial charge in [0.05, 0.1) is 11.4 Å². The van der Waals surface area contributed by atoms with E-state index in [0.717, 1.165) is 62.3 Å². The maximum Gasteiger partial charge on any atom is 0.160 e. The standard InChI is InChI=1S/C41H26N2O/c1-3-10-26(11-4-1)36-25-37(43-41(42-36)27-12-5-2-6-13-27)33-16-9-14-31-22-30-19-18-28(23-34(30)40(31)33)29-20-21-39-35(24-29)32-15-7-8-17-38(32)44-39/h1-21,23-25H,22H2. The Kier molecular flexibility index (Phi) is 5.57. The van der Waals surface area contributed by atoms with Crippen LogP contribution in [0.15, 0.2) is 150 Å². The summed E-state index contributed by atoms with van der Waals surface area (Å²) in [6.07, 6.45) is 0.909. The summed E-state index contributed by atoms with van der Waals surface area (Å²) in [4.78, 5) is 10.2. The second-order valence-corrected chi connectivity index (χ2v) is 11.4. The smallest absolute Gasteiger partial charge is 0.160 e. The van der Waals surface area contributed by atoms with Crippen molar-refractivity contribution < 1.29 is 4.42 Å². The first-order chi connectivity index (χ1) is 21.8. The van der Waals surface area contributed by atoms with Crippen LogP contribution < -0.4 is 0 Å². The van der Waals surface area contributed by atoms with E-state index in [-0.39, 0.29) is 0 Å². The van der Waals surface area contributed by atoms with Gasteiger partial charge in [0.25, 0.3) is 0 Å². The van der Waals surface area contributed by atoms with Gasteiger partial charge in [-0.2, -0.15) is 0 Å².